The van der Waals surface area contributed by atoms with Gasteiger partial charge in [-0.2, -0.15) is 0 Å². The van der Waals surface area contributed by atoms with Crippen molar-refractivity contribution < 1.29 is 28.6 Å². The third-order valence-corrected chi connectivity index (χ3v) is 6.00. The number of nitrogens with one attached hydrogen (secondary N) is 1. The number of morpholine rings is 1. The zero-order chi connectivity index (χ0) is 23.9. The second kappa shape index (κ2) is 11.0. The van der Waals surface area contributed by atoms with E-state index in [1.807, 2.05) is 24.3 Å². The highest BCUT2D eigenvalue weighted by atomic mass is 16.5. The zero-order valence-corrected chi connectivity index (χ0v) is 19.2. The Kier molecular flexibility index (Phi) is 7.64. The Labute approximate surface area is 198 Å². The highest BCUT2D eigenvalue weighted by molar-refractivity contribution is 6.00. The van der Waals surface area contributed by atoms with E-state index in [0.29, 0.717) is 50.8 Å². The number of nitrogens with zero attached hydrogens (tertiary/aromatic N) is 2. The molecule has 0 aliphatic carbocycles. The van der Waals surface area contributed by atoms with E-state index in [0.717, 1.165) is 11.3 Å². The second-order valence-electron chi connectivity index (χ2n) is 8.25. The van der Waals surface area contributed by atoms with Crippen LogP contribution in [0.1, 0.15) is 12.0 Å². The van der Waals surface area contributed by atoms with Crippen LogP contribution in [0.25, 0.3) is 0 Å². The van der Waals surface area contributed by atoms with Gasteiger partial charge in [-0.25, -0.2) is 0 Å². The van der Waals surface area contributed by atoms with Crippen LogP contribution < -0.4 is 19.7 Å². The van der Waals surface area contributed by atoms with Gasteiger partial charge in [-0.3, -0.25) is 14.4 Å². The van der Waals surface area contributed by atoms with Crippen molar-refractivity contribution in [3.63, 3.8) is 0 Å². The molecule has 3 amide bonds. The lowest BCUT2D eigenvalue weighted by Gasteiger charge is -2.26. The maximum absolute atomic E-state index is 12.6. The fraction of sp³-hybridized carbons (Fsp3) is 0.400. The molecule has 0 spiro atoms. The monoisotopic (exact) mass is 467 g/mol. The standard InChI is InChI=1S/C25H29N3O6/c1-32-21-6-2-18(3-7-21)15-26-25(31)19-14-23(29)28(16-19)20-4-8-22(9-5-20)34-17-24(30)27-10-12-33-13-11-27/h2-9,19H,10-17H2,1H3,(H,26,31)/t19-/m1/s1. The molecule has 0 aromatic heterocycles. The normalized spacial score (nSPS) is 18.0. The fourth-order valence-electron chi connectivity index (χ4n) is 3.98. The average molecular weight is 468 g/mol. The van der Waals surface area contributed by atoms with Gasteiger partial charge in [-0.15, -0.1) is 0 Å². The number of methoxy groups -OCH3 is 1. The number of hydrogen-bond donors (Lipinski definition) is 1. The number of rotatable bonds is 8. The molecular formula is C25H29N3O6. The highest BCUT2D eigenvalue weighted by Gasteiger charge is 2.35. The first-order chi connectivity index (χ1) is 16.5. The van der Waals surface area contributed by atoms with E-state index in [9.17, 15) is 14.4 Å². The topological polar surface area (TPSA) is 97.4 Å². The van der Waals surface area contributed by atoms with Crippen LogP contribution in [0, 0.1) is 5.92 Å². The number of benzene rings is 2. The van der Waals surface area contributed by atoms with Crippen LogP contribution in [0.2, 0.25) is 0 Å². The summed E-state index contributed by atoms with van der Waals surface area (Å²) in [7, 11) is 1.61. The summed E-state index contributed by atoms with van der Waals surface area (Å²) in [5.41, 5.74) is 1.65. The first-order valence-corrected chi connectivity index (χ1v) is 11.3. The minimum Gasteiger partial charge on any atom is -0.497 e. The third-order valence-electron chi connectivity index (χ3n) is 6.00. The largest absolute Gasteiger partial charge is 0.497 e. The molecule has 2 aliphatic rings. The highest BCUT2D eigenvalue weighted by Crippen LogP contribution is 2.27. The Morgan fingerprint density at radius 1 is 1.03 bits per heavy atom. The van der Waals surface area contributed by atoms with E-state index >= 15 is 0 Å². The van der Waals surface area contributed by atoms with Gasteiger partial charge in [0.25, 0.3) is 5.91 Å². The summed E-state index contributed by atoms with van der Waals surface area (Å²) in [6.07, 6.45) is 0.167. The van der Waals surface area contributed by atoms with Crippen molar-refractivity contribution in [2.24, 2.45) is 5.92 Å². The van der Waals surface area contributed by atoms with Crippen molar-refractivity contribution in [1.29, 1.82) is 0 Å². The van der Waals surface area contributed by atoms with Crippen molar-refractivity contribution in [3.8, 4) is 11.5 Å². The summed E-state index contributed by atoms with van der Waals surface area (Å²) in [5, 5.41) is 2.91. The van der Waals surface area contributed by atoms with E-state index in [4.69, 9.17) is 14.2 Å². The number of anilines is 1. The van der Waals surface area contributed by atoms with Gasteiger partial charge in [0.2, 0.25) is 11.8 Å². The van der Waals surface area contributed by atoms with Gasteiger partial charge in [0.05, 0.1) is 26.2 Å². The van der Waals surface area contributed by atoms with Gasteiger partial charge in [0.1, 0.15) is 11.5 Å². The van der Waals surface area contributed by atoms with Crippen molar-refractivity contribution in [2.75, 3.05) is 51.5 Å². The molecule has 0 radical (unpaired) electrons. The molecule has 0 unspecified atom stereocenters. The molecule has 0 bridgehead atoms. The number of ether oxygens (including phenoxy) is 3. The summed E-state index contributed by atoms with van der Waals surface area (Å²) in [5.74, 6) is 0.574. The van der Waals surface area contributed by atoms with Crippen molar-refractivity contribution in [2.45, 2.75) is 13.0 Å². The molecule has 1 atom stereocenters. The fourth-order valence-corrected chi connectivity index (χ4v) is 3.98. The number of carbonyl (C=O) groups is 3. The predicted molar refractivity (Wildman–Crippen MR) is 125 cm³/mol. The van der Waals surface area contributed by atoms with Crippen LogP contribution in [0.4, 0.5) is 5.69 Å². The lowest BCUT2D eigenvalue weighted by molar-refractivity contribution is -0.137. The van der Waals surface area contributed by atoms with Gasteiger partial charge >= 0.3 is 0 Å². The first kappa shape index (κ1) is 23.6. The van der Waals surface area contributed by atoms with Gasteiger partial charge in [-0.05, 0) is 42.0 Å². The van der Waals surface area contributed by atoms with Crippen LogP contribution in [0.3, 0.4) is 0 Å². The molecule has 2 aliphatic heterocycles. The molecule has 2 heterocycles. The minimum atomic E-state index is -0.409. The Morgan fingerprint density at radius 2 is 1.71 bits per heavy atom. The van der Waals surface area contributed by atoms with Crippen LogP contribution in [0.5, 0.6) is 11.5 Å². The summed E-state index contributed by atoms with van der Waals surface area (Å²) in [6, 6.07) is 14.5. The lowest BCUT2D eigenvalue weighted by atomic mass is 10.1. The number of amides is 3. The molecule has 2 fully saturated rings. The van der Waals surface area contributed by atoms with E-state index < -0.39 is 5.92 Å². The molecule has 2 aromatic carbocycles. The second-order valence-corrected chi connectivity index (χ2v) is 8.25. The molecule has 2 saturated heterocycles. The summed E-state index contributed by atoms with van der Waals surface area (Å²) >= 11 is 0. The lowest BCUT2D eigenvalue weighted by Crippen LogP contribution is -2.42. The van der Waals surface area contributed by atoms with Gasteiger partial charge < -0.3 is 29.3 Å². The molecule has 2 aromatic rings. The average Bonchev–Trinajstić information content (AvgIpc) is 3.28. The molecule has 4 rings (SSSR count). The zero-order valence-electron chi connectivity index (χ0n) is 19.2. The smallest absolute Gasteiger partial charge is 0.260 e. The number of carbonyl (C=O) groups excluding carboxylic acids is 3. The van der Waals surface area contributed by atoms with Crippen LogP contribution in [0.15, 0.2) is 48.5 Å². The Balaban J connectivity index is 1.26. The van der Waals surface area contributed by atoms with E-state index in [1.165, 1.54) is 0 Å². The Bertz CT molecular complexity index is 1000. The maximum atomic E-state index is 12.6. The van der Waals surface area contributed by atoms with E-state index in [2.05, 4.69) is 5.32 Å². The predicted octanol–water partition coefficient (Wildman–Crippen LogP) is 1.60. The van der Waals surface area contributed by atoms with Crippen LogP contribution in [-0.2, 0) is 25.7 Å². The molecule has 9 nitrogen and oxygen atoms in total. The molecule has 0 saturated carbocycles. The van der Waals surface area contributed by atoms with E-state index in [1.54, 1.807) is 41.2 Å². The number of hydrogen-bond acceptors (Lipinski definition) is 6. The third kappa shape index (κ3) is 5.85. The molecule has 1 N–H and O–H groups in total. The van der Waals surface area contributed by atoms with Crippen molar-refractivity contribution in [1.82, 2.24) is 10.2 Å². The summed E-state index contributed by atoms with van der Waals surface area (Å²) in [4.78, 5) is 40.7. The van der Waals surface area contributed by atoms with Gasteiger partial charge in [-0.1, -0.05) is 12.1 Å². The van der Waals surface area contributed by atoms with Gasteiger partial charge in [0, 0.05) is 38.3 Å². The molecule has 180 valence electrons. The quantitative estimate of drug-likeness (QED) is 0.634. The SMILES string of the molecule is COc1ccc(CNC(=O)[C@@H]2CC(=O)N(c3ccc(OCC(=O)N4CCOCC4)cc3)C2)cc1. The first-order valence-electron chi connectivity index (χ1n) is 11.3. The molecule has 34 heavy (non-hydrogen) atoms. The van der Waals surface area contributed by atoms with E-state index in [-0.39, 0.29) is 30.7 Å². The van der Waals surface area contributed by atoms with Crippen molar-refractivity contribution in [3.05, 3.63) is 54.1 Å². The molecular weight excluding hydrogens is 438 g/mol. The summed E-state index contributed by atoms with van der Waals surface area (Å²) < 4.78 is 16.0. The minimum absolute atomic E-state index is 0.0432. The summed E-state index contributed by atoms with van der Waals surface area (Å²) in [6.45, 7) is 2.92. The van der Waals surface area contributed by atoms with Crippen molar-refractivity contribution >= 4 is 23.4 Å². The maximum Gasteiger partial charge on any atom is 0.260 e. The van der Waals surface area contributed by atoms with Crippen LogP contribution >= 0.6 is 0 Å². The Hall–Kier alpha value is -3.59. The van der Waals surface area contributed by atoms with Crippen LogP contribution in [-0.4, -0.2) is 69.2 Å². The Morgan fingerprint density at radius 3 is 2.38 bits per heavy atom. The molecule has 9 heteroatoms. The van der Waals surface area contributed by atoms with Gasteiger partial charge in [0.15, 0.2) is 6.61 Å².